The molecular formula is C21H22FN5O. The molecule has 3 aromatic heterocycles. The van der Waals surface area contributed by atoms with Gasteiger partial charge in [0.2, 0.25) is 0 Å². The molecule has 1 unspecified atom stereocenters. The Labute approximate surface area is 162 Å². The molecule has 6 nitrogen and oxygen atoms in total. The molecule has 0 saturated heterocycles. The first-order chi connectivity index (χ1) is 13.6. The van der Waals surface area contributed by atoms with Crippen molar-refractivity contribution in [2.75, 3.05) is 5.32 Å². The van der Waals surface area contributed by atoms with Crippen LogP contribution in [0.5, 0.6) is 0 Å². The first kappa shape index (κ1) is 17.2. The summed E-state index contributed by atoms with van der Waals surface area (Å²) in [7, 11) is 0. The SMILES string of the molecule is O=C(NC1CCC12CCCC2)c1nc(Nc2cncc(F)c2)cc2cc[nH]c12. The van der Waals surface area contributed by atoms with E-state index in [-0.39, 0.29) is 11.9 Å². The van der Waals surface area contributed by atoms with Crippen molar-refractivity contribution in [3.8, 4) is 0 Å². The normalized spacial score (nSPS) is 20.2. The number of halogens is 1. The number of carbonyl (C=O) groups excluding carboxylic acids is 1. The Hall–Kier alpha value is -2.96. The molecule has 3 aromatic rings. The van der Waals surface area contributed by atoms with Crippen molar-refractivity contribution in [1.29, 1.82) is 0 Å². The summed E-state index contributed by atoms with van der Waals surface area (Å²) in [6, 6.07) is 5.30. The summed E-state index contributed by atoms with van der Waals surface area (Å²) >= 11 is 0. The number of hydrogen-bond acceptors (Lipinski definition) is 4. The third kappa shape index (κ3) is 2.91. The number of H-pyrrole nitrogens is 1. The largest absolute Gasteiger partial charge is 0.359 e. The van der Waals surface area contributed by atoms with E-state index < -0.39 is 5.82 Å². The van der Waals surface area contributed by atoms with E-state index in [1.165, 1.54) is 44.4 Å². The Bertz CT molecular complexity index is 1040. The lowest BCUT2D eigenvalue weighted by atomic mass is 9.63. The molecule has 5 rings (SSSR count). The quantitative estimate of drug-likeness (QED) is 0.631. The zero-order valence-corrected chi connectivity index (χ0v) is 15.5. The highest BCUT2D eigenvalue weighted by Crippen LogP contribution is 2.53. The van der Waals surface area contributed by atoms with Gasteiger partial charge in [-0.3, -0.25) is 9.78 Å². The highest BCUT2D eigenvalue weighted by atomic mass is 19.1. The van der Waals surface area contributed by atoms with E-state index >= 15 is 0 Å². The van der Waals surface area contributed by atoms with Crippen LogP contribution in [0, 0.1) is 11.2 Å². The summed E-state index contributed by atoms with van der Waals surface area (Å²) in [6.07, 6.45) is 11.6. The van der Waals surface area contributed by atoms with Gasteiger partial charge in [0.1, 0.15) is 11.6 Å². The van der Waals surface area contributed by atoms with Crippen LogP contribution in [0.4, 0.5) is 15.9 Å². The number of carbonyl (C=O) groups is 1. The van der Waals surface area contributed by atoms with Crippen molar-refractivity contribution < 1.29 is 9.18 Å². The van der Waals surface area contributed by atoms with Crippen molar-refractivity contribution in [2.45, 2.75) is 44.6 Å². The fourth-order valence-corrected chi connectivity index (χ4v) is 4.75. The minimum atomic E-state index is -0.433. The van der Waals surface area contributed by atoms with Crippen LogP contribution >= 0.6 is 0 Å². The van der Waals surface area contributed by atoms with Crippen molar-refractivity contribution in [1.82, 2.24) is 20.3 Å². The third-order valence-electron chi connectivity index (χ3n) is 6.31. The highest BCUT2D eigenvalue weighted by molar-refractivity contribution is 6.05. The summed E-state index contributed by atoms with van der Waals surface area (Å²) in [6.45, 7) is 0. The minimum absolute atomic E-state index is 0.163. The molecule has 3 heterocycles. The van der Waals surface area contributed by atoms with Gasteiger partial charge in [-0.1, -0.05) is 12.8 Å². The molecule has 0 bridgehead atoms. The molecular weight excluding hydrogens is 357 g/mol. The molecule has 0 aromatic carbocycles. The van der Waals surface area contributed by atoms with E-state index in [9.17, 15) is 9.18 Å². The Morgan fingerprint density at radius 3 is 2.82 bits per heavy atom. The molecule has 7 heteroatoms. The maximum Gasteiger partial charge on any atom is 0.272 e. The Balaban J connectivity index is 1.43. The number of pyridine rings is 2. The smallest absolute Gasteiger partial charge is 0.272 e. The van der Waals surface area contributed by atoms with Crippen LogP contribution in [0.2, 0.25) is 0 Å². The second-order valence-electron chi connectivity index (χ2n) is 7.95. The van der Waals surface area contributed by atoms with E-state index in [1.54, 1.807) is 6.20 Å². The van der Waals surface area contributed by atoms with Gasteiger partial charge in [-0.25, -0.2) is 9.37 Å². The number of nitrogens with zero attached hydrogens (tertiary/aromatic N) is 2. The van der Waals surface area contributed by atoms with Crippen LogP contribution in [0.15, 0.2) is 36.8 Å². The van der Waals surface area contributed by atoms with E-state index in [2.05, 4.69) is 25.6 Å². The number of aromatic amines is 1. The summed E-state index contributed by atoms with van der Waals surface area (Å²) in [4.78, 5) is 24.5. The molecule has 2 aliphatic carbocycles. The van der Waals surface area contributed by atoms with Gasteiger partial charge >= 0.3 is 0 Å². The van der Waals surface area contributed by atoms with Crippen LogP contribution in [0.25, 0.3) is 10.9 Å². The second kappa shape index (κ2) is 6.58. The number of amides is 1. The molecule has 2 saturated carbocycles. The maximum atomic E-state index is 13.4. The number of nitrogens with one attached hydrogen (secondary N) is 3. The summed E-state index contributed by atoms with van der Waals surface area (Å²) in [5.74, 6) is -0.115. The predicted octanol–water partition coefficient (Wildman–Crippen LogP) is 4.29. The molecule has 3 N–H and O–H groups in total. The van der Waals surface area contributed by atoms with Crippen molar-refractivity contribution in [3.63, 3.8) is 0 Å². The molecule has 1 atom stereocenters. The van der Waals surface area contributed by atoms with Crippen molar-refractivity contribution in [2.24, 2.45) is 5.41 Å². The van der Waals surface area contributed by atoms with E-state index in [1.807, 2.05) is 12.1 Å². The first-order valence-electron chi connectivity index (χ1n) is 9.80. The average molecular weight is 379 g/mol. The summed E-state index contributed by atoms with van der Waals surface area (Å²) in [5.41, 5.74) is 1.85. The van der Waals surface area contributed by atoms with Crippen LogP contribution in [0.3, 0.4) is 0 Å². The maximum absolute atomic E-state index is 13.4. The Kier molecular flexibility index (Phi) is 4.03. The number of aromatic nitrogens is 3. The lowest BCUT2D eigenvalue weighted by molar-refractivity contribution is 0.0580. The van der Waals surface area contributed by atoms with Crippen molar-refractivity contribution in [3.05, 3.63) is 48.3 Å². The van der Waals surface area contributed by atoms with Gasteiger partial charge in [-0.2, -0.15) is 0 Å². The van der Waals surface area contributed by atoms with Gasteiger partial charge in [-0.05, 0) is 43.2 Å². The van der Waals surface area contributed by atoms with E-state index in [0.717, 1.165) is 18.0 Å². The standard InChI is InChI=1S/C21H22FN5O/c22-14-10-15(12-23-11-14)25-17-9-13-4-8-24-18(13)19(27-17)20(28)26-16-3-7-21(16)5-1-2-6-21/h4,8-12,16,24H,1-3,5-7H2,(H,25,27)(H,26,28). The summed E-state index contributed by atoms with van der Waals surface area (Å²) < 4.78 is 13.4. The Morgan fingerprint density at radius 1 is 1.21 bits per heavy atom. The number of rotatable bonds is 4. The van der Waals surface area contributed by atoms with Crippen LogP contribution in [0.1, 0.15) is 49.0 Å². The fourth-order valence-electron chi connectivity index (χ4n) is 4.75. The first-order valence-corrected chi connectivity index (χ1v) is 9.80. The lowest BCUT2D eigenvalue weighted by Crippen LogP contribution is -2.54. The minimum Gasteiger partial charge on any atom is -0.359 e. The van der Waals surface area contributed by atoms with Gasteiger partial charge in [0.25, 0.3) is 5.91 Å². The summed E-state index contributed by atoms with van der Waals surface area (Å²) in [5, 5.41) is 7.14. The van der Waals surface area contributed by atoms with Crippen LogP contribution < -0.4 is 10.6 Å². The van der Waals surface area contributed by atoms with Gasteiger partial charge in [0, 0.05) is 23.7 Å². The molecule has 28 heavy (non-hydrogen) atoms. The Morgan fingerprint density at radius 2 is 2.07 bits per heavy atom. The molecule has 2 fully saturated rings. The van der Waals surface area contributed by atoms with Crippen LogP contribution in [-0.4, -0.2) is 26.9 Å². The average Bonchev–Trinajstić information content (AvgIpc) is 3.35. The molecule has 144 valence electrons. The number of hydrogen-bond donors (Lipinski definition) is 3. The van der Waals surface area contributed by atoms with Gasteiger partial charge in [0.15, 0.2) is 5.69 Å². The number of anilines is 2. The topological polar surface area (TPSA) is 82.7 Å². The molecule has 1 spiro atoms. The van der Waals surface area contributed by atoms with Crippen molar-refractivity contribution >= 4 is 28.3 Å². The third-order valence-corrected chi connectivity index (χ3v) is 6.31. The van der Waals surface area contributed by atoms with Crippen LogP contribution in [-0.2, 0) is 0 Å². The monoisotopic (exact) mass is 379 g/mol. The van der Waals surface area contributed by atoms with Gasteiger partial charge in [0.05, 0.1) is 23.6 Å². The highest BCUT2D eigenvalue weighted by Gasteiger charge is 2.48. The fraction of sp³-hybridized carbons (Fsp3) is 0.381. The van der Waals surface area contributed by atoms with E-state index in [4.69, 9.17) is 0 Å². The van der Waals surface area contributed by atoms with Gasteiger partial charge in [-0.15, -0.1) is 0 Å². The predicted molar refractivity (Wildman–Crippen MR) is 105 cm³/mol. The van der Waals surface area contributed by atoms with Gasteiger partial charge < -0.3 is 15.6 Å². The zero-order valence-electron chi connectivity index (χ0n) is 15.5. The molecule has 0 radical (unpaired) electrons. The van der Waals surface area contributed by atoms with E-state index in [0.29, 0.717) is 28.1 Å². The zero-order chi connectivity index (χ0) is 19.1. The molecule has 0 aliphatic heterocycles. The molecule has 2 aliphatic rings. The lowest BCUT2D eigenvalue weighted by Gasteiger charge is -2.47. The second-order valence-corrected chi connectivity index (χ2v) is 7.95. The number of fused-ring (bicyclic) bond motifs is 1. The molecule has 1 amide bonds.